The number of hydrogen-bond donors (Lipinski definition) is 2. The number of esters is 1. The van der Waals surface area contributed by atoms with Crippen LogP contribution in [0.1, 0.15) is 32.8 Å². The van der Waals surface area contributed by atoms with E-state index in [2.05, 4.69) is 10.3 Å². The molecule has 2 aromatic rings. The van der Waals surface area contributed by atoms with Crippen molar-refractivity contribution in [3.63, 3.8) is 0 Å². The molecule has 1 fully saturated rings. The van der Waals surface area contributed by atoms with Gasteiger partial charge in [-0.1, -0.05) is 32.0 Å². The van der Waals surface area contributed by atoms with Gasteiger partial charge >= 0.3 is 5.97 Å². The van der Waals surface area contributed by atoms with E-state index in [9.17, 15) is 22.8 Å². The van der Waals surface area contributed by atoms with Crippen LogP contribution in [0.3, 0.4) is 0 Å². The first kappa shape index (κ1) is 24.8. The van der Waals surface area contributed by atoms with Crippen molar-refractivity contribution >= 4 is 38.5 Å². The Labute approximate surface area is 193 Å². The number of nitrogens with zero attached hydrogens (tertiary/aromatic N) is 1. The number of nitrogens with one attached hydrogen (secondary N) is 2. The molecule has 180 valence electrons. The van der Waals surface area contributed by atoms with Gasteiger partial charge in [-0.05, 0) is 24.0 Å². The first-order valence-electron chi connectivity index (χ1n) is 11.0. The fourth-order valence-corrected chi connectivity index (χ4v) is 5.88. The van der Waals surface area contributed by atoms with Crippen molar-refractivity contribution in [1.29, 1.82) is 0 Å². The molecule has 0 bridgehead atoms. The van der Waals surface area contributed by atoms with Gasteiger partial charge in [-0.3, -0.25) is 9.59 Å². The van der Waals surface area contributed by atoms with E-state index in [0.29, 0.717) is 13.0 Å². The van der Waals surface area contributed by atoms with Crippen LogP contribution >= 0.6 is 0 Å². The minimum absolute atomic E-state index is 0.0502. The molecule has 0 spiro atoms. The van der Waals surface area contributed by atoms with Crippen LogP contribution < -0.4 is 5.32 Å². The van der Waals surface area contributed by atoms with Crippen LogP contribution in [0.25, 0.3) is 10.9 Å². The van der Waals surface area contributed by atoms with Crippen LogP contribution in [0.15, 0.2) is 30.5 Å². The molecule has 2 heterocycles. The van der Waals surface area contributed by atoms with E-state index in [1.165, 1.54) is 11.8 Å². The third kappa shape index (κ3) is 6.56. The van der Waals surface area contributed by atoms with E-state index >= 15 is 0 Å². The molecule has 1 aromatic carbocycles. The Bertz CT molecular complexity index is 1120. The molecule has 0 saturated carbocycles. The molecule has 3 rings (SSSR count). The third-order valence-corrected chi connectivity index (χ3v) is 7.38. The van der Waals surface area contributed by atoms with E-state index in [0.717, 1.165) is 16.5 Å². The first-order valence-corrected chi connectivity index (χ1v) is 12.9. The van der Waals surface area contributed by atoms with E-state index < -0.39 is 40.4 Å². The number of amides is 2. The fourth-order valence-electron chi connectivity index (χ4n) is 4.14. The Morgan fingerprint density at radius 1 is 1.24 bits per heavy atom. The summed E-state index contributed by atoms with van der Waals surface area (Å²) in [7, 11) is -3.17. The molecule has 9 nitrogen and oxygen atoms in total. The molecule has 1 aliphatic heterocycles. The van der Waals surface area contributed by atoms with Crippen LogP contribution in [0.4, 0.5) is 0 Å². The lowest BCUT2D eigenvalue weighted by Crippen LogP contribution is -2.47. The zero-order valence-corrected chi connectivity index (χ0v) is 20.0. The van der Waals surface area contributed by atoms with Crippen LogP contribution in [-0.4, -0.2) is 72.8 Å². The van der Waals surface area contributed by atoms with E-state index in [1.54, 1.807) is 6.20 Å². The number of sulfone groups is 1. The van der Waals surface area contributed by atoms with E-state index in [1.807, 2.05) is 38.1 Å². The Hall–Kier alpha value is -2.88. The molecule has 2 amide bonds. The van der Waals surface area contributed by atoms with Gasteiger partial charge in [-0.15, -0.1) is 0 Å². The number of ether oxygens (including phenoxy) is 1. The molecule has 1 aromatic heterocycles. The lowest BCUT2D eigenvalue weighted by atomic mass is 10.0. The van der Waals surface area contributed by atoms with Crippen molar-refractivity contribution < 1.29 is 27.5 Å². The third-order valence-electron chi connectivity index (χ3n) is 5.63. The maximum absolute atomic E-state index is 12.9. The zero-order valence-electron chi connectivity index (χ0n) is 19.2. The zero-order chi connectivity index (χ0) is 24.2. The second-order valence-electron chi connectivity index (χ2n) is 8.92. The second kappa shape index (κ2) is 10.4. The first-order chi connectivity index (χ1) is 15.6. The molecular formula is C23H31N3O6S. The largest absolute Gasteiger partial charge is 0.454 e. The highest BCUT2D eigenvalue weighted by molar-refractivity contribution is 7.91. The topological polar surface area (TPSA) is 126 Å². The van der Waals surface area contributed by atoms with Gasteiger partial charge in [0.15, 0.2) is 16.4 Å². The number of benzene rings is 1. The smallest absolute Gasteiger partial charge is 0.329 e. The summed E-state index contributed by atoms with van der Waals surface area (Å²) in [5, 5.41) is 3.53. The summed E-state index contributed by atoms with van der Waals surface area (Å²) < 4.78 is 29.1. The van der Waals surface area contributed by atoms with Crippen molar-refractivity contribution in [2.45, 2.75) is 45.7 Å². The number of carbonyl (C=O) groups excluding carboxylic acids is 3. The summed E-state index contributed by atoms with van der Waals surface area (Å²) in [6, 6.07) is 6.24. The van der Waals surface area contributed by atoms with Gasteiger partial charge in [-0.25, -0.2) is 13.2 Å². The van der Waals surface area contributed by atoms with Crippen molar-refractivity contribution in [1.82, 2.24) is 15.2 Å². The lowest BCUT2D eigenvalue weighted by molar-refractivity contribution is -0.155. The van der Waals surface area contributed by atoms with Crippen molar-refractivity contribution in [2.75, 3.05) is 24.7 Å². The summed E-state index contributed by atoms with van der Waals surface area (Å²) in [5.41, 5.74) is 1.75. The van der Waals surface area contributed by atoms with Crippen LogP contribution in [-0.2, 0) is 35.4 Å². The van der Waals surface area contributed by atoms with Gasteiger partial charge in [0.1, 0.15) is 6.04 Å². The van der Waals surface area contributed by atoms with E-state index in [4.69, 9.17) is 4.74 Å². The van der Waals surface area contributed by atoms with E-state index in [-0.39, 0.29) is 29.8 Å². The molecular weight excluding hydrogens is 446 g/mol. The molecule has 10 heteroatoms. The quantitative estimate of drug-likeness (QED) is 0.526. The van der Waals surface area contributed by atoms with Crippen molar-refractivity contribution in [3.8, 4) is 0 Å². The SMILES string of the molecule is CC(=O)N[C@@H](Cc1c[nH]c2ccccc12)C(=O)OCC(=O)N(CC(C)C)C1CCS(=O)(=O)C1. The van der Waals surface area contributed by atoms with Crippen molar-refractivity contribution in [2.24, 2.45) is 5.92 Å². The normalized spacial score (nSPS) is 18.2. The minimum Gasteiger partial charge on any atom is -0.454 e. The summed E-state index contributed by atoms with van der Waals surface area (Å²) in [5.74, 6) is -1.44. The molecule has 0 radical (unpaired) electrons. The minimum atomic E-state index is -3.17. The molecule has 1 unspecified atom stereocenters. The Balaban J connectivity index is 1.68. The highest BCUT2D eigenvalue weighted by Gasteiger charge is 2.35. The van der Waals surface area contributed by atoms with Gasteiger partial charge in [0.2, 0.25) is 5.91 Å². The molecule has 1 aliphatic rings. The van der Waals surface area contributed by atoms with Gasteiger partial charge in [-0.2, -0.15) is 0 Å². The number of hydrogen-bond acceptors (Lipinski definition) is 6. The Morgan fingerprint density at radius 2 is 1.97 bits per heavy atom. The monoisotopic (exact) mass is 477 g/mol. The van der Waals surface area contributed by atoms with Crippen LogP contribution in [0.5, 0.6) is 0 Å². The average Bonchev–Trinajstić information content (AvgIpc) is 3.31. The number of H-pyrrole nitrogens is 1. The Kier molecular flexibility index (Phi) is 7.78. The van der Waals surface area contributed by atoms with Crippen molar-refractivity contribution in [3.05, 3.63) is 36.0 Å². The van der Waals surface area contributed by atoms with Gasteiger partial charge < -0.3 is 19.9 Å². The van der Waals surface area contributed by atoms with Gasteiger partial charge in [0.25, 0.3) is 5.91 Å². The Morgan fingerprint density at radius 3 is 2.61 bits per heavy atom. The maximum Gasteiger partial charge on any atom is 0.329 e. The predicted molar refractivity (Wildman–Crippen MR) is 124 cm³/mol. The molecule has 1 saturated heterocycles. The molecule has 33 heavy (non-hydrogen) atoms. The van der Waals surface area contributed by atoms with Gasteiger partial charge in [0, 0.05) is 43.0 Å². The number of para-hydroxylation sites is 1. The molecule has 2 N–H and O–H groups in total. The number of aromatic nitrogens is 1. The number of fused-ring (bicyclic) bond motifs is 1. The lowest BCUT2D eigenvalue weighted by Gasteiger charge is -2.30. The summed E-state index contributed by atoms with van der Waals surface area (Å²) in [6.45, 7) is 5.05. The van der Waals surface area contributed by atoms with Crippen LogP contribution in [0.2, 0.25) is 0 Å². The predicted octanol–water partition coefficient (Wildman–Crippen LogP) is 1.43. The average molecular weight is 478 g/mol. The second-order valence-corrected chi connectivity index (χ2v) is 11.1. The highest BCUT2D eigenvalue weighted by Crippen LogP contribution is 2.21. The fraction of sp³-hybridized carbons (Fsp3) is 0.522. The summed E-state index contributed by atoms with van der Waals surface area (Å²) in [6.07, 6.45) is 2.36. The molecule has 2 atom stereocenters. The summed E-state index contributed by atoms with van der Waals surface area (Å²) in [4.78, 5) is 42.0. The number of carbonyl (C=O) groups is 3. The maximum atomic E-state index is 12.9. The number of aromatic amines is 1. The summed E-state index contributed by atoms with van der Waals surface area (Å²) >= 11 is 0. The van der Waals surface area contributed by atoms with Crippen LogP contribution in [0, 0.1) is 5.92 Å². The number of rotatable bonds is 9. The standard InChI is InChI=1S/C23H31N3O6S/c1-15(2)12-26(18-8-9-33(30,31)14-18)22(28)13-32-23(29)21(25-16(3)27)10-17-11-24-20-7-5-4-6-19(17)20/h4-7,11,15,18,21,24H,8-10,12-14H2,1-3H3,(H,25,27)/t18?,21-/m0/s1. The van der Waals surface area contributed by atoms with Gasteiger partial charge in [0.05, 0.1) is 11.5 Å². The molecule has 0 aliphatic carbocycles. The highest BCUT2D eigenvalue weighted by atomic mass is 32.2.